The van der Waals surface area contributed by atoms with E-state index in [-0.39, 0.29) is 12.4 Å². The molecule has 0 atom stereocenters. The van der Waals surface area contributed by atoms with Crippen LogP contribution in [-0.4, -0.2) is 18.4 Å². The molecule has 0 N–H and O–H groups in total. The molecule has 1 aromatic carbocycles. The highest BCUT2D eigenvalue weighted by molar-refractivity contribution is 6.41. The van der Waals surface area contributed by atoms with Crippen molar-refractivity contribution in [3.05, 3.63) is 35.0 Å². The van der Waals surface area contributed by atoms with Crippen LogP contribution in [0.4, 0.5) is 0 Å². The SMILES string of the molecule is CCOC(=O)C(=O)c1cc2c(Cl)cccc2o1. The molecule has 0 aliphatic carbocycles. The zero-order chi connectivity index (χ0) is 12.4. The molecule has 5 heteroatoms. The number of benzene rings is 1. The van der Waals surface area contributed by atoms with Crippen LogP contribution in [0.2, 0.25) is 5.02 Å². The van der Waals surface area contributed by atoms with Crippen molar-refractivity contribution in [2.75, 3.05) is 6.61 Å². The highest BCUT2D eigenvalue weighted by Gasteiger charge is 2.22. The Kier molecular flexibility index (Phi) is 3.15. The topological polar surface area (TPSA) is 56.5 Å². The Morgan fingerprint density at radius 2 is 2.18 bits per heavy atom. The van der Waals surface area contributed by atoms with Crippen LogP contribution in [0.1, 0.15) is 17.5 Å². The highest BCUT2D eigenvalue weighted by atomic mass is 35.5. The smallest absolute Gasteiger partial charge is 0.383 e. The lowest BCUT2D eigenvalue weighted by Crippen LogP contribution is -2.16. The normalized spacial score (nSPS) is 10.5. The summed E-state index contributed by atoms with van der Waals surface area (Å²) in [4.78, 5) is 22.8. The molecule has 0 bridgehead atoms. The summed E-state index contributed by atoms with van der Waals surface area (Å²) in [5.74, 6) is -1.80. The molecule has 0 saturated carbocycles. The summed E-state index contributed by atoms with van der Waals surface area (Å²) in [5, 5.41) is 1.07. The number of hydrogen-bond acceptors (Lipinski definition) is 4. The van der Waals surface area contributed by atoms with Crippen LogP contribution < -0.4 is 0 Å². The lowest BCUT2D eigenvalue weighted by molar-refractivity contribution is -0.137. The van der Waals surface area contributed by atoms with Crippen molar-refractivity contribution in [2.45, 2.75) is 6.92 Å². The molecule has 1 heterocycles. The maximum absolute atomic E-state index is 11.6. The summed E-state index contributed by atoms with van der Waals surface area (Å²) in [6.07, 6.45) is 0. The van der Waals surface area contributed by atoms with Crippen LogP contribution in [0.15, 0.2) is 28.7 Å². The molecule has 2 rings (SSSR count). The summed E-state index contributed by atoms with van der Waals surface area (Å²) in [5.41, 5.74) is 0.463. The molecule has 2 aromatic rings. The fraction of sp³-hybridized carbons (Fsp3) is 0.167. The van der Waals surface area contributed by atoms with E-state index in [2.05, 4.69) is 4.74 Å². The Bertz CT molecular complexity index is 585. The highest BCUT2D eigenvalue weighted by Crippen LogP contribution is 2.26. The molecule has 0 radical (unpaired) electrons. The minimum Gasteiger partial charge on any atom is -0.460 e. The fourth-order valence-electron chi connectivity index (χ4n) is 1.43. The number of fused-ring (bicyclic) bond motifs is 1. The van der Waals surface area contributed by atoms with Crippen molar-refractivity contribution < 1.29 is 18.7 Å². The third-order valence-electron chi connectivity index (χ3n) is 2.19. The fourth-order valence-corrected chi connectivity index (χ4v) is 1.65. The Labute approximate surface area is 102 Å². The molecule has 0 saturated heterocycles. The zero-order valence-corrected chi connectivity index (χ0v) is 9.78. The van der Waals surface area contributed by atoms with Gasteiger partial charge >= 0.3 is 11.8 Å². The molecule has 0 aliphatic rings. The molecule has 0 amide bonds. The first kappa shape index (κ1) is 11.7. The standard InChI is InChI=1S/C12H9ClO4/c1-2-16-12(15)11(14)10-6-7-8(13)4-3-5-9(7)17-10/h3-6H,2H2,1H3. The minimum absolute atomic E-state index is 0.0634. The predicted molar refractivity (Wildman–Crippen MR) is 62.2 cm³/mol. The quantitative estimate of drug-likeness (QED) is 0.479. The third-order valence-corrected chi connectivity index (χ3v) is 2.52. The second kappa shape index (κ2) is 4.59. The average Bonchev–Trinajstić information content (AvgIpc) is 2.73. The van der Waals surface area contributed by atoms with Crippen LogP contribution >= 0.6 is 11.6 Å². The Morgan fingerprint density at radius 1 is 1.41 bits per heavy atom. The van der Waals surface area contributed by atoms with E-state index in [0.29, 0.717) is 16.0 Å². The van der Waals surface area contributed by atoms with Gasteiger partial charge in [-0.3, -0.25) is 4.79 Å². The average molecular weight is 253 g/mol. The van der Waals surface area contributed by atoms with Gasteiger partial charge in [0.15, 0.2) is 5.76 Å². The van der Waals surface area contributed by atoms with Crippen molar-refractivity contribution >= 4 is 34.3 Å². The van der Waals surface area contributed by atoms with E-state index < -0.39 is 11.8 Å². The number of ether oxygens (including phenoxy) is 1. The van der Waals surface area contributed by atoms with E-state index in [0.717, 1.165) is 0 Å². The summed E-state index contributed by atoms with van der Waals surface area (Å²) in [7, 11) is 0. The molecular formula is C12H9ClO4. The van der Waals surface area contributed by atoms with Gasteiger partial charge in [-0.1, -0.05) is 17.7 Å². The van der Waals surface area contributed by atoms with Crippen LogP contribution in [0.25, 0.3) is 11.0 Å². The van der Waals surface area contributed by atoms with Crippen molar-refractivity contribution in [2.24, 2.45) is 0 Å². The Morgan fingerprint density at radius 3 is 2.82 bits per heavy atom. The number of halogens is 1. The largest absolute Gasteiger partial charge is 0.460 e. The Balaban J connectivity index is 2.40. The summed E-state index contributed by atoms with van der Waals surface area (Å²) >= 11 is 5.93. The molecule has 17 heavy (non-hydrogen) atoms. The summed E-state index contributed by atoms with van der Waals surface area (Å²) in [6, 6.07) is 6.49. The molecule has 0 spiro atoms. The Hall–Kier alpha value is -1.81. The number of ketones is 1. The van der Waals surface area contributed by atoms with Gasteiger partial charge < -0.3 is 9.15 Å². The van der Waals surface area contributed by atoms with Gasteiger partial charge in [0.2, 0.25) is 0 Å². The van der Waals surface area contributed by atoms with E-state index in [1.165, 1.54) is 6.07 Å². The van der Waals surface area contributed by atoms with Gasteiger partial charge in [-0.05, 0) is 25.1 Å². The number of carbonyl (C=O) groups excluding carboxylic acids is 2. The maximum atomic E-state index is 11.6. The lowest BCUT2D eigenvalue weighted by Gasteiger charge is -1.96. The molecule has 88 valence electrons. The van der Waals surface area contributed by atoms with Crippen LogP contribution in [0, 0.1) is 0 Å². The van der Waals surface area contributed by atoms with Crippen molar-refractivity contribution in [3.63, 3.8) is 0 Å². The predicted octanol–water partition coefficient (Wildman–Crippen LogP) is 2.83. The molecule has 4 nitrogen and oxygen atoms in total. The van der Waals surface area contributed by atoms with Gasteiger partial charge in [-0.15, -0.1) is 0 Å². The molecule has 0 aliphatic heterocycles. The van der Waals surface area contributed by atoms with Crippen molar-refractivity contribution in [3.8, 4) is 0 Å². The van der Waals surface area contributed by atoms with Gasteiger partial charge in [0.25, 0.3) is 0 Å². The van der Waals surface area contributed by atoms with E-state index in [9.17, 15) is 9.59 Å². The zero-order valence-electron chi connectivity index (χ0n) is 9.03. The van der Waals surface area contributed by atoms with Gasteiger partial charge in [0.1, 0.15) is 5.58 Å². The lowest BCUT2D eigenvalue weighted by atomic mass is 10.2. The van der Waals surface area contributed by atoms with Crippen molar-refractivity contribution in [1.82, 2.24) is 0 Å². The van der Waals surface area contributed by atoms with Crippen molar-refractivity contribution in [1.29, 1.82) is 0 Å². The second-order valence-corrected chi connectivity index (χ2v) is 3.72. The van der Waals surface area contributed by atoms with E-state index in [1.54, 1.807) is 25.1 Å². The number of furan rings is 1. The van der Waals surface area contributed by atoms with Crippen LogP contribution in [-0.2, 0) is 9.53 Å². The molecular weight excluding hydrogens is 244 g/mol. The maximum Gasteiger partial charge on any atom is 0.383 e. The summed E-state index contributed by atoms with van der Waals surface area (Å²) in [6.45, 7) is 1.77. The van der Waals surface area contributed by atoms with Gasteiger partial charge in [0, 0.05) is 5.39 Å². The van der Waals surface area contributed by atoms with Crippen LogP contribution in [0.3, 0.4) is 0 Å². The first-order chi connectivity index (χ1) is 8.13. The number of carbonyl (C=O) groups is 2. The second-order valence-electron chi connectivity index (χ2n) is 3.31. The molecule has 1 aromatic heterocycles. The monoisotopic (exact) mass is 252 g/mol. The summed E-state index contributed by atoms with van der Waals surface area (Å²) < 4.78 is 9.85. The number of Topliss-reactive ketones (excluding diaryl/α,β-unsaturated/α-hetero) is 1. The first-order valence-corrected chi connectivity index (χ1v) is 5.40. The van der Waals surface area contributed by atoms with E-state index in [1.807, 2.05) is 0 Å². The molecule has 0 fully saturated rings. The third kappa shape index (κ3) is 2.17. The van der Waals surface area contributed by atoms with E-state index in [4.69, 9.17) is 16.0 Å². The number of hydrogen-bond donors (Lipinski definition) is 0. The van der Waals surface area contributed by atoms with Gasteiger partial charge in [-0.2, -0.15) is 0 Å². The molecule has 0 unspecified atom stereocenters. The minimum atomic E-state index is -0.928. The number of rotatable bonds is 3. The number of esters is 1. The van der Waals surface area contributed by atoms with Gasteiger partial charge in [-0.25, -0.2) is 4.79 Å². The van der Waals surface area contributed by atoms with Crippen LogP contribution in [0.5, 0.6) is 0 Å². The first-order valence-electron chi connectivity index (χ1n) is 5.03. The van der Waals surface area contributed by atoms with E-state index >= 15 is 0 Å². The van der Waals surface area contributed by atoms with Gasteiger partial charge in [0.05, 0.1) is 11.6 Å².